The summed E-state index contributed by atoms with van der Waals surface area (Å²) in [5.41, 5.74) is 4.48. The fraction of sp³-hybridized carbons (Fsp3) is 0.391. The van der Waals surface area contributed by atoms with Crippen LogP contribution in [0.5, 0.6) is 0 Å². The van der Waals surface area contributed by atoms with Crippen LogP contribution in [0.15, 0.2) is 35.6 Å². The maximum atomic E-state index is 12.5. The Labute approximate surface area is 185 Å². The Morgan fingerprint density at radius 2 is 2.00 bits per heavy atom. The second-order valence-corrected chi connectivity index (χ2v) is 9.04. The SMILES string of the molecule is CC(C)(C)OC(=O)N1CCC(C=CC(=O)Nc2cc3c4c(c[nH]c4c2)C=NNC3=O)CC1. The number of hydrazone groups is 1. The van der Waals surface area contributed by atoms with Crippen LogP contribution in [-0.2, 0) is 9.53 Å². The van der Waals surface area contributed by atoms with E-state index in [9.17, 15) is 14.4 Å². The van der Waals surface area contributed by atoms with Gasteiger partial charge in [0.1, 0.15) is 5.60 Å². The summed E-state index contributed by atoms with van der Waals surface area (Å²) in [4.78, 5) is 41.8. The molecule has 4 rings (SSSR count). The summed E-state index contributed by atoms with van der Waals surface area (Å²) >= 11 is 0. The summed E-state index contributed by atoms with van der Waals surface area (Å²) in [6.07, 6.45) is 7.99. The zero-order valence-electron chi connectivity index (χ0n) is 18.4. The van der Waals surface area contributed by atoms with Crippen LogP contribution in [0, 0.1) is 5.92 Å². The first kappa shape index (κ1) is 21.6. The molecule has 0 unspecified atom stereocenters. The second-order valence-electron chi connectivity index (χ2n) is 9.04. The highest BCUT2D eigenvalue weighted by Gasteiger charge is 2.26. The van der Waals surface area contributed by atoms with Crippen molar-refractivity contribution in [3.8, 4) is 0 Å². The van der Waals surface area contributed by atoms with Crippen LogP contribution in [0.1, 0.15) is 49.5 Å². The number of nitrogens with one attached hydrogen (secondary N) is 3. The van der Waals surface area contributed by atoms with Crippen molar-refractivity contribution in [2.24, 2.45) is 11.0 Å². The monoisotopic (exact) mass is 437 g/mol. The number of H-pyrrole nitrogens is 1. The lowest BCUT2D eigenvalue weighted by atomic mass is 9.96. The number of amides is 3. The Kier molecular flexibility index (Phi) is 5.73. The van der Waals surface area contributed by atoms with E-state index in [1.165, 1.54) is 6.08 Å². The lowest BCUT2D eigenvalue weighted by molar-refractivity contribution is -0.112. The van der Waals surface area contributed by atoms with Crippen LogP contribution in [0.3, 0.4) is 0 Å². The molecule has 0 aliphatic carbocycles. The van der Waals surface area contributed by atoms with Crippen molar-refractivity contribution < 1.29 is 19.1 Å². The molecule has 1 aromatic heterocycles. The summed E-state index contributed by atoms with van der Waals surface area (Å²) in [6.45, 7) is 6.74. The molecule has 1 aromatic carbocycles. The second kappa shape index (κ2) is 8.49. The number of aromatic amines is 1. The van der Waals surface area contributed by atoms with Crippen molar-refractivity contribution in [3.63, 3.8) is 0 Å². The van der Waals surface area contributed by atoms with E-state index in [2.05, 4.69) is 20.8 Å². The van der Waals surface area contributed by atoms with Crippen molar-refractivity contribution in [1.82, 2.24) is 15.3 Å². The molecule has 9 nitrogen and oxygen atoms in total. The van der Waals surface area contributed by atoms with Gasteiger partial charge in [0.25, 0.3) is 5.91 Å². The van der Waals surface area contributed by atoms with Crippen molar-refractivity contribution >= 4 is 40.7 Å². The molecular weight excluding hydrogens is 410 g/mol. The number of ether oxygens (including phenoxy) is 1. The normalized spacial score (nSPS) is 16.8. The third-order valence-corrected chi connectivity index (χ3v) is 5.40. The molecule has 2 aromatic rings. The third-order valence-electron chi connectivity index (χ3n) is 5.40. The van der Waals surface area contributed by atoms with Gasteiger partial charge in [0, 0.05) is 41.4 Å². The number of piperidine rings is 1. The molecule has 3 N–H and O–H groups in total. The van der Waals surface area contributed by atoms with E-state index in [4.69, 9.17) is 4.74 Å². The van der Waals surface area contributed by atoms with E-state index in [0.717, 1.165) is 29.3 Å². The van der Waals surface area contributed by atoms with Gasteiger partial charge in [-0.15, -0.1) is 0 Å². The molecule has 168 valence electrons. The van der Waals surface area contributed by atoms with Crippen molar-refractivity contribution in [3.05, 3.63) is 41.6 Å². The molecule has 9 heteroatoms. The maximum Gasteiger partial charge on any atom is 0.410 e. The molecule has 3 amide bonds. The average Bonchev–Trinajstić information content (AvgIpc) is 3.06. The van der Waals surface area contributed by atoms with Crippen molar-refractivity contribution in [1.29, 1.82) is 0 Å². The number of likely N-dealkylation sites (tertiary alicyclic amines) is 1. The molecule has 0 saturated carbocycles. The minimum atomic E-state index is -0.512. The van der Waals surface area contributed by atoms with Gasteiger partial charge >= 0.3 is 6.09 Å². The number of allylic oxidation sites excluding steroid dienone is 1. The number of benzene rings is 1. The average molecular weight is 438 g/mol. The zero-order chi connectivity index (χ0) is 22.9. The highest BCUT2D eigenvalue weighted by Crippen LogP contribution is 2.27. The molecule has 0 spiro atoms. The summed E-state index contributed by atoms with van der Waals surface area (Å²) in [5.74, 6) is -0.392. The molecule has 0 radical (unpaired) electrons. The number of hydrogen-bond donors (Lipinski definition) is 3. The number of hydrogen-bond acceptors (Lipinski definition) is 5. The van der Waals surface area contributed by atoms with Crippen LogP contribution < -0.4 is 10.7 Å². The largest absolute Gasteiger partial charge is 0.444 e. The van der Waals surface area contributed by atoms with Crippen molar-refractivity contribution in [2.75, 3.05) is 18.4 Å². The van der Waals surface area contributed by atoms with E-state index in [0.29, 0.717) is 24.3 Å². The van der Waals surface area contributed by atoms with E-state index >= 15 is 0 Å². The Bertz CT molecular complexity index is 1120. The molecular formula is C23H27N5O4. The van der Waals surface area contributed by atoms with Crippen LogP contribution in [-0.4, -0.2) is 52.7 Å². The molecule has 3 heterocycles. The van der Waals surface area contributed by atoms with E-state index in [1.807, 2.05) is 26.8 Å². The lowest BCUT2D eigenvalue weighted by Crippen LogP contribution is -2.41. The number of nitrogens with zero attached hydrogens (tertiary/aromatic N) is 2. The highest BCUT2D eigenvalue weighted by molar-refractivity contribution is 6.15. The smallest absolute Gasteiger partial charge is 0.410 e. The van der Waals surface area contributed by atoms with Crippen LogP contribution >= 0.6 is 0 Å². The zero-order valence-corrected chi connectivity index (χ0v) is 18.4. The Hall–Kier alpha value is -3.62. The minimum absolute atomic E-state index is 0.209. The standard InChI is InChI=1S/C23H27N5O4/c1-23(2,3)32-22(31)28-8-6-14(7-9-28)4-5-19(29)26-16-10-17-20-15(12-24-18(20)11-16)13-25-27-21(17)30/h4-5,10-14,24H,6-9H2,1-3H3,(H,26,29)(H,27,30). The summed E-state index contributed by atoms with van der Waals surface area (Å²) in [6, 6.07) is 3.44. The Morgan fingerprint density at radius 3 is 2.72 bits per heavy atom. The fourth-order valence-electron chi connectivity index (χ4n) is 3.88. The molecule has 32 heavy (non-hydrogen) atoms. The van der Waals surface area contributed by atoms with Gasteiger partial charge in [-0.3, -0.25) is 9.59 Å². The predicted molar refractivity (Wildman–Crippen MR) is 122 cm³/mol. The van der Waals surface area contributed by atoms with Gasteiger partial charge in [-0.05, 0) is 57.7 Å². The van der Waals surface area contributed by atoms with E-state index < -0.39 is 5.60 Å². The van der Waals surface area contributed by atoms with Gasteiger partial charge in [-0.1, -0.05) is 6.08 Å². The molecule has 2 aliphatic rings. The maximum absolute atomic E-state index is 12.5. The fourth-order valence-corrected chi connectivity index (χ4v) is 3.88. The summed E-state index contributed by atoms with van der Waals surface area (Å²) < 4.78 is 5.41. The first-order chi connectivity index (χ1) is 15.2. The Morgan fingerprint density at radius 1 is 1.25 bits per heavy atom. The molecule has 0 atom stereocenters. The van der Waals surface area contributed by atoms with Gasteiger partial charge in [0.15, 0.2) is 0 Å². The van der Waals surface area contributed by atoms with Crippen LogP contribution in [0.25, 0.3) is 10.9 Å². The van der Waals surface area contributed by atoms with Gasteiger partial charge in [0.2, 0.25) is 5.91 Å². The molecule has 1 saturated heterocycles. The predicted octanol–water partition coefficient (Wildman–Crippen LogP) is 3.39. The number of aromatic nitrogens is 1. The molecule has 1 fully saturated rings. The molecule has 0 bridgehead atoms. The Balaban J connectivity index is 1.36. The van der Waals surface area contributed by atoms with Gasteiger partial charge in [-0.2, -0.15) is 5.10 Å². The van der Waals surface area contributed by atoms with Gasteiger partial charge in [0.05, 0.1) is 11.8 Å². The minimum Gasteiger partial charge on any atom is -0.444 e. The van der Waals surface area contributed by atoms with E-state index in [-0.39, 0.29) is 23.8 Å². The van der Waals surface area contributed by atoms with Crippen LogP contribution in [0.2, 0.25) is 0 Å². The van der Waals surface area contributed by atoms with E-state index in [1.54, 1.807) is 29.4 Å². The summed E-state index contributed by atoms with van der Waals surface area (Å²) in [5, 5.41) is 7.49. The lowest BCUT2D eigenvalue weighted by Gasteiger charge is -2.32. The summed E-state index contributed by atoms with van der Waals surface area (Å²) in [7, 11) is 0. The first-order valence-electron chi connectivity index (χ1n) is 10.7. The number of carbonyl (C=O) groups is 3. The molecule has 2 aliphatic heterocycles. The topological polar surface area (TPSA) is 116 Å². The van der Waals surface area contributed by atoms with Crippen LogP contribution in [0.4, 0.5) is 10.5 Å². The van der Waals surface area contributed by atoms with Gasteiger partial charge < -0.3 is 19.9 Å². The first-order valence-corrected chi connectivity index (χ1v) is 10.7. The third kappa shape index (κ3) is 4.82. The number of anilines is 1. The quantitative estimate of drug-likeness (QED) is 0.638. The number of carbonyl (C=O) groups excluding carboxylic acids is 3. The van der Waals surface area contributed by atoms with Crippen molar-refractivity contribution in [2.45, 2.75) is 39.2 Å². The highest BCUT2D eigenvalue weighted by atomic mass is 16.6. The number of rotatable bonds is 3. The van der Waals surface area contributed by atoms with Gasteiger partial charge in [-0.25, -0.2) is 10.2 Å².